The van der Waals surface area contributed by atoms with Gasteiger partial charge in [0.2, 0.25) is 5.91 Å². The van der Waals surface area contributed by atoms with Gasteiger partial charge in [-0.15, -0.1) is 0 Å². The third kappa shape index (κ3) is 4.32. The van der Waals surface area contributed by atoms with Crippen LogP contribution in [0.2, 0.25) is 0 Å². The number of aliphatic carboxylic acids is 1. The van der Waals surface area contributed by atoms with Crippen molar-refractivity contribution >= 4 is 11.9 Å². The van der Waals surface area contributed by atoms with Gasteiger partial charge in [-0.1, -0.05) is 45.0 Å². The van der Waals surface area contributed by atoms with Crippen LogP contribution < -0.4 is 5.32 Å². The van der Waals surface area contributed by atoms with E-state index in [1.165, 1.54) is 5.56 Å². The largest absolute Gasteiger partial charge is 0.479 e. The normalized spacial score (nSPS) is 21.2. The van der Waals surface area contributed by atoms with E-state index in [0.717, 1.165) is 12.0 Å². The first-order valence-corrected chi connectivity index (χ1v) is 8.09. The van der Waals surface area contributed by atoms with E-state index in [0.29, 0.717) is 19.4 Å². The second kappa shape index (κ2) is 7.13. The number of carboxylic acids is 1. The van der Waals surface area contributed by atoms with Crippen LogP contribution in [0.25, 0.3) is 0 Å². The molecule has 0 bridgehead atoms. The maximum absolute atomic E-state index is 12.0. The van der Waals surface area contributed by atoms with Crippen molar-refractivity contribution < 1.29 is 19.4 Å². The number of rotatable bonds is 6. The van der Waals surface area contributed by atoms with Crippen molar-refractivity contribution in [1.82, 2.24) is 5.32 Å². The number of carbonyl (C=O) groups is 2. The van der Waals surface area contributed by atoms with Crippen LogP contribution >= 0.6 is 0 Å². The maximum Gasteiger partial charge on any atom is 0.332 e. The predicted octanol–water partition coefficient (Wildman–Crippen LogP) is 2.62. The Bertz CT molecular complexity index is 565. The van der Waals surface area contributed by atoms with E-state index in [1.807, 2.05) is 12.1 Å². The van der Waals surface area contributed by atoms with Crippen LogP contribution in [-0.2, 0) is 26.3 Å². The molecule has 2 atom stereocenters. The highest BCUT2D eigenvalue weighted by atomic mass is 16.5. The molecule has 5 nitrogen and oxygen atoms in total. The molecule has 0 radical (unpaired) electrons. The molecule has 1 aliphatic rings. The van der Waals surface area contributed by atoms with E-state index < -0.39 is 18.2 Å². The van der Waals surface area contributed by atoms with Gasteiger partial charge in [0.25, 0.3) is 0 Å². The molecule has 1 aliphatic heterocycles. The number of ether oxygens (including phenoxy) is 1. The van der Waals surface area contributed by atoms with Crippen molar-refractivity contribution in [3.05, 3.63) is 35.4 Å². The lowest BCUT2D eigenvalue weighted by Gasteiger charge is -2.23. The molecule has 0 spiro atoms. The van der Waals surface area contributed by atoms with E-state index >= 15 is 0 Å². The van der Waals surface area contributed by atoms with Gasteiger partial charge in [0.15, 0.2) is 6.10 Å². The minimum Gasteiger partial charge on any atom is -0.479 e. The van der Waals surface area contributed by atoms with E-state index in [-0.39, 0.29) is 11.3 Å². The number of amides is 1. The molecular formula is C18H25NO4. The summed E-state index contributed by atoms with van der Waals surface area (Å²) in [6.45, 7) is 7.00. The molecule has 0 saturated carbocycles. The molecule has 1 saturated heterocycles. The van der Waals surface area contributed by atoms with Crippen LogP contribution in [0.15, 0.2) is 24.3 Å². The second-order valence-electron chi connectivity index (χ2n) is 6.68. The number of nitrogens with one attached hydrogen (secondary N) is 1. The molecule has 0 unspecified atom stereocenters. The molecular weight excluding hydrogens is 294 g/mol. The van der Waals surface area contributed by atoms with Crippen LogP contribution in [0.3, 0.4) is 0 Å². The van der Waals surface area contributed by atoms with Gasteiger partial charge in [-0.3, -0.25) is 4.79 Å². The summed E-state index contributed by atoms with van der Waals surface area (Å²) in [6.07, 6.45) is 0.378. The summed E-state index contributed by atoms with van der Waals surface area (Å²) in [5.41, 5.74) is 2.44. The van der Waals surface area contributed by atoms with Crippen molar-refractivity contribution in [3.8, 4) is 0 Å². The third-order valence-electron chi connectivity index (χ3n) is 4.67. The van der Waals surface area contributed by atoms with Crippen molar-refractivity contribution in [2.24, 2.45) is 0 Å². The summed E-state index contributed by atoms with van der Waals surface area (Å²) in [4.78, 5) is 22.9. The van der Waals surface area contributed by atoms with Crippen molar-refractivity contribution in [2.75, 3.05) is 0 Å². The molecule has 1 aromatic carbocycles. The van der Waals surface area contributed by atoms with Crippen LogP contribution in [0.5, 0.6) is 0 Å². The van der Waals surface area contributed by atoms with Crippen LogP contribution in [0.1, 0.15) is 51.2 Å². The topological polar surface area (TPSA) is 75.6 Å². The predicted molar refractivity (Wildman–Crippen MR) is 87.1 cm³/mol. The standard InChI is InChI=1S/C18H25NO4/c1-4-18(2,3)13-7-5-12(6-8-13)11-19-16(20)14-9-10-15(23-14)17(21)22/h5-8,14-15H,4,9-11H2,1-3H3,(H,19,20)(H,21,22)/t14-,15+/m0/s1. The second-order valence-corrected chi connectivity index (χ2v) is 6.68. The molecule has 1 aromatic rings. The van der Waals surface area contributed by atoms with Gasteiger partial charge in [-0.05, 0) is 35.8 Å². The summed E-state index contributed by atoms with van der Waals surface area (Å²) in [6, 6.07) is 8.22. The van der Waals surface area contributed by atoms with Crippen LogP contribution in [-0.4, -0.2) is 29.2 Å². The monoisotopic (exact) mass is 319 g/mol. The Morgan fingerprint density at radius 3 is 2.35 bits per heavy atom. The summed E-state index contributed by atoms with van der Waals surface area (Å²) in [5, 5.41) is 11.7. The number of hydrogen-bond donors (Lipinski definition) is 2. The molecule has 0 aliphatic carbocycles. The first-order chi connectivity index (χ1) is 10.8. The van der Waals surface area contributed by atoms with E-state index in [1.54, 1.807) is 0 Å². The minimum absolute atomic E-state index is 0.144. The highest BCUT2D eigenvalue weighted by molar-refractivity contribution is 5.82. The van der Waals surface area contributed by atoms with E-state index in [4.69, 9.17) is 9.84 Å². The molecule has 0 aromatic heterocycles. The molecule has 2 N–H and O–H groups in total. The van der Waals surface area contributed by atoms with Gasteiger partial charge in [-0.25, -0.2) is 4.79 Å². The molecule has 2 rings (SSSR count). The molecule has 5 heteroatoms. The number of hydrogen-bond acceptors (Lipinski definition) is 3. The average Bonchev–Trinajstić information content (AvgIpc) is 3.03. The van der Waals surface area contributed by atoms with Crippen LogP contribution in [0, 0.1) is 0 Å². The third-order valence-corrected chi connectivity index (χ3v) is 4.67. The lowest BCUT2D eigenvalue weighted by molar-refractivity contribution is -0.151. The maximum atomic E-state index is 12.0. The lowest BCUT2D eigenvalue weighted by atomic mass is 9.82. The fourth-order valence-corrected chi connectivity index (χ4v) is 2.59. The highest BCUT2D eigenvalue weighted by Gasteiger charge is 2.34. The fourth-order valence-electron chi connectivity index (χ4n) is 2.59. The quantitative estimate of drug-likeness (QED) is 0.845. The Balaban J connectivity index is 1.86. The number of carbonyl (C=O) groups excluding carboxylic acids is 1. The van der Waals surface area contributed by atoms with Gasteiger partial charge in [-0.2, -0.15) is 0 Å². The van der Waals surface area contributed by atoms with Crippen molar-refractivity contribution in [2.45, 2.75) is 64.2 Å². The zero-order valence-corrected chi connectivity index (χ0v) is 14.0. The Morgan fingerprint density at radius 2 is 1.83 bits per heavy atom. The van der Waals surface area contributed by atoms with Crippen molar-refractivity contribution in [3.63, 3.8) is 0 Å². The first kappa shape index (κ1) is 17.5. The zero-order valence-electron chi connectivity index (χ0n) is 14.0. The molecule has 1 fully saturated rings. The van der Waals surface area contributed by atoms with E-state index in [9.17, 15) is 9.59 Å². The highest BCUT2D eigenvalue weighted by Crippen LogP contribution is 2.26. The van der Waals surface area contributed by atoms with Gasteiger partial charge < -0.3 is 15.2 Å². The van der Waals surface area contributed by atoms with Crippen molar-refractivity contribution in [1.29, 1.82) is 0 Å². The molecule has 1 heterocycles. The van der Waals surface area contributed by atoms with Crippen LogP contribution in [0.4, 0.5) is 0 Å². The van der Waals surface area contributed by atoms with Gasteiger partial charge in [0.1, 0.15) is 6.10 Å². The Labute approximate surface area is 137 Å². The summed E-state index contributed by atoms with van der Waals surface area (Å²) in [7, 11) is 0. The Morgan fingerprint density at radius 1 is 1.22 bits per heavy atom. The summed E-state index contributed by atoms with van der Waals surface area (Å²) >= 11 is 0. The summed E-state index contributed by atoms with van der Waals surface area (Å²) in [5.74, 6) is -1.25. The first-order valence-electron chi connectivity index (χ1n) is 8.09. The SMILES string of the molecule is CCC(C)(C)c1ccc(CNC(=O)[C@@H]2CC[C@H](C(=O)O)O2)cc1. The Hall–Kier alpha value is -1.88. The zero-order chi connectivity index (χ0) is 17.0. The lowest BCUT2D eigenvalue weighted by Crippen LogP contribution is -2.35. The number of benzene rings is 1. The smallest absolute Gasteiger partial charge is 0.332 e. The van der Waals surface area contributed by atoms with E-state index in [2.05, 4.69) is 38.2 Å². The van der Waals surface area contributed by atoms with Gasteiger partial charge in [0, 0.05) is 6.54 Å². The average molecular weight is 319 g/mol. The molecule has 126 valence electrons. The molecule has 23 heavy (non-hydrogen) atoms. The number of carboxylic acid groups (broad SMARTS) is 1. The Kier molecular flexibility index (Phi) is 5.42. The van der Waals surface area contributed by atoms with Gasteiger partial charge >= 0.3 is 5.97 Å². The summed E-state index contributed by atoms with van der Waals surface area (Å²) < 4.78 is 5.24. The molecule has 1 amide bonds. The minimum atomic E-state index is -1.01. The van der Waals surface area contributed by atoms with Gasteiger partial charge in [0.05, 0.1) is 0 Å². The fraction of sp³-hybridized carbons (Fsp3) is 0.556.